The number of phenolic OH excluding ortho intramolecular Hbond substituents is 1. The van der Waals surface area contributed by atoms with Crippen molar-refractivity contribution in [3.8, 4) is 5.75 Å². The molecule has 0 unspecified atom stereocenters. The lowest BCUT2D eigenvalue weighted by molar-refractivity contribution is 0.460. The fourth-order valence-electron chi connectivity index (χ4n) is 2.45. The van der Waals surface area contributed by atoms with E-state index in [9.17, 15) is 9.90 Å². The second kappa shape index (κ2) is 3.37. The van der Waals surface area contributed by atoms with Crippen molar-refractivity contribution in [3.05, 3.63) is 39.7 Å². The molecule has 0 saturated heterocycles. The van der Waals surface area contributed by atoms with E-state index in [0.717, 1.165) is 42.2 Å². The summed E-state index contributed by atoms with van der Waals surface area (Å²) in [6.07, 6.45) is 3.93. The molecule has 3 heteroatoms. The molecule has 0 aliphatic heterocycles. The zero-order valence-corrected chi connectivity index (χ0v) is 8.82. The summed E-state index contributed by atoms with van der Waals surface area (Å²) < 4.78 is 5.25. The molecule has 0 saturated carbocycles. The van der Waals surface area contributed by atoms with Crippen molar-refractivity contribution in [2.24, 2.45) is 0 Å². The van der Waals surface area contributed by atoms with Crippen LogP contribution in [-0.2, 0) is 12.8 Å². The van der Waals surface area contributed by atoms with Gasteiger partial charge in [-0.15, -0.1) is 0 Å². The quantitative estimate of drug-likeness (QED) is 0.688. The number of fused-ring (bicyclic) bond motifs is 3. The number of hydrogen-bond donors (Lipinski definition) is 1. The van der Waals surface area contributed by atoms with Crippen LogP contribution in [0.3, 0.4) is 0 Å². The number of benzene rings is 1. The highest BCUT2D eigenvalue weighted by Crippen LogP contribution is 2.34. The van der Waals surface area contributed by atoms with Gasteiger partial charge in [-0.1, -0.05) is 0 Å². The van der Waals surface area contributed by atoms with Gasteiger partial charge >= 0.3 is 5.63 Å². The van der Waals surface area contributed by atoms with Crippen LogP contribution in [0.1, 0.15) is 24.0 Å². The number of hydrogen-bond acceptors (Lipinski definition) is 3. The molecule has 82 valence electrons. The fourth-order valence-corrected chi connectivity index (χ4v) is 2.45. The first-order valence-corrected chi connectivity index (χ1v) is 5.53. The van der Waals surface area contributed by atoms with Crippen molar-refractivity contribution in [1.29, 1.82) is 0 Å². The highest BCUT2D eigenvalue weighted by atomic mass is 16.4. The van der Waals surface area contributed by atoms with E-state index in [2.05, 4.69) is 0 Å². The van der Waals surface area contributed by atoms with Gasteiger partial charge in [-0.2, -0.15) is 0 Å². The van der Waals surface area contributed by atoms with Gasteiger partial charge in [-0.05, 0) is 37.8 Å². The second-order valence-corrected chi connectivity index (χ2v) is 4.23. The Labute approximate surface area is 92.3 Å². The molecule has 1 aromatic carbocycles. The Morgan fingerprint density at radius 2 is 1.88 bits per heavy atom. The Kier molecular flexibility index (Phi) is 1.99. The maximum Gasteiger partial charge on any atom is 0.336 e. The Hall–Kier alpha value is -1.77. The summed E-state index contributed by atoms with van der Waals surface area (Å²) in [5, 5.41) is 10.7. The van der Waals surface area contributed by atoms with E-state index in [1.807, 2.05) is 0 Å². The molecule has 2 aromatic rings. The molecule has 0 spiro atoms. The summed E-state index contributed by atoms with van der Waals surface area (Å²) in [6.45, 7) is 0. The lowest BCUT2D eigenvalue weighted by Gasteiger charge is -2.17. The Bertz CT molecular complexity index is 610. The smallest absolute Gasteiger partial charge is 0.336 e. The Balaban J connectivity index is 2.43. The van der Waals surface area contributed by atoms with Crippen LogP contribution in [0.2, 0.25) is 0 Å². The minimum Gasteiger partial charge on any atom is -0.508 e. The molecular weight excluding hydrogens is 204 g/mol. The van der Waals surface area contributed by atoms with Crippen molar-refractivity contribution in [2.45, 2.75) is 25.7 Å². The number of aromatic hydroxyl groups is 1. The standard InChI is InChI=1S/C13H12O3/c14-11-7-8-5-6-12(15)16-13(8)10-4-2-1-3-9(10)11/h5-7,14H,1-4H2. The largest absolute Gasteiger partial charge is 0.508 e. The molecule has 0 bridgehead atoms. The van der Waals surface area contributed by atoms with E-state index < -0.39 is 0 Å². The molecule has 1 N–H and O–H groups in total. The first kappa shape index (κ1) is 9.46. The van der Waals surface area contributed by atoms with Crippen molar-refractivity contribution in [3.63, 3.8) is 0 Å². The zero-order valence-electron chi connectivity index (χ0n) is 8.82. The maximum absolute atomic E-state index is 11.2. The lowest BCUT2D eigenvalue weighted by atomic mass is 9.89. The lowest BCUT2D eigenvalue weighted by Crippen LogP contribution is -2.05. The Morgan fingerprint density at radius 1 is 1.12 bits per heavy atom. The van der Waals surface area contributed by atoms with Gasteiger partial charge in [0.15, 0.2) is 0 Å². The summed E-state index contributed by atoms with van der Waals surface area (Å²) in [5.41, 5.74) is 2.29. The number of aryl methyl sites for hydroxylation is 1. The third kappa shape index (κ3) is 1.32. The topological polar surface area (TPSA) is 50.4 Å². The average Bonchev–Trinajstić information content (AvgIpc) is 2.31. The second-order valence-electron chi connectivity index (χ2n) is 4.23. The minimum absolute atomic E-state index is 0.328. The summed E-state index contributed by atoms with van der Waals surface area (Å²) in [7, 11) is 0. The molecule has 1 aromatic heterocycles. The molecule has 1 aliphatic carbocycles. The predicted octanol–water partition coefficient (Wildman–Crippen LogP) is 2.38. The van der Waals surface area contributed by atoms with Crippen LogP contribution < -0.4 is 5.63 Å². The summed E-state index contributed by atoms with van der Waals surface area (Å²) in [5.74, 6) is 0.330. The van der Waals surface area contributed by atoms with Crippen molar-refractivity contribution < 1.29 is 9.52 Å². The van der Waals surface area contributed by atoms with E-state index in [0.29, 0.717) is 11.3 Å². The normalized spacial score (nSPS) is 15.0. The molecule has 1 aliphatic rings. The van der Waals surface area contributed by atoms with Gasteiger partial charge in [-0.25, -0.2) is 4.79 Å². The van der Waals surface area contributed by atoms with Crippen LogP contribution in [0.15, 0.2) is 27.4 Å². The number of rotatable bonds is 0. The van der Waals surface area contributed by atoms with Crippen molar-refractivity contribution in [1.82, 2.24) is 0 Å². The molecule has 16 heavy (non-hydrogen) atoms. The van der Waals surface area contributed by atoms with Gasteiger partial charge in [0.05, 0.1) is 0 Å². The molecule has 0 amide bonds. The molecular formula is C13H12O3. The molecule has 0 radical (unpaired) electrons. The summed E-state index contributed by atoms with van der Waals surface area (Å²) >= 11 is 0. The maximum atomic E-state index is 11.2. The van der Waals surface area contributed by atoms with E-state index in [4.69, 9.17) is 4.42 Å². The van der Waals surface area contributed by atoms with Crippen molar-refractivity contribution in [2.75, 3.05) is 0 Å². The molecule has 3 nitrogen and oxygen atoms in total. The average molecular weight is 216 g/mol. The van der Waals surface area contributed by atoms with Crippen LogP contribution in [0.25, 0.3) is 11.0 Å². The van der Waals surface area contributed by atoms with Gasteiger partial charge in [0.25, 0.3) is 0 Å². The van der Waals surface area contributed by atoms with Crippen LogP contribution >= 0.6 is 0 Å². The van der Waals surface area contributed by atoms with Crippen LogP contribution in [0.4, 0.5) is 0 Å². The van der Waals surface area contributed by atoms with E-state index in [1.54, 1.807) is 12.1 Å². The van der Waals surface area contributed by atoms with Crippen LogP contribution in [0, 0.1) is 0 Å². The predicted molar refractivity (Wildman–Crippen MR) is 60.8 cm³/mol. The fraction of sp³-hybridized carbons (Fsp3) is 0.308. The van der Waals surface area contributed by atoms with E-state index in [-0.39, 0.29) is 5.63 Å². The minimum atomic E-state index is -0.328. The van der Waals surface area contributed by atoms with Crippen molar-refractivity contribution >= 4 is 11.0 Å². The molecule has 0 atom stereocenters. The van der Waals surface area contributed by atoms with Gasteiger partial charge < -0.3 is 9.52 Å². The van der Waals surface area contributed by atoms with Crippen LogP contribution in [-0.4, -0.2) is 5.11 Å². The first-order valence-electron chi connectivity index (χ1n) is 5.53. The monoisotopic (exact) mass is 216 g/mol. The third-order valence-corrected chi connectivity index (χ3v) is 3.21. The molecule has 0 fully saturated rings. The van der Waals surface area contributed by atoms with E-state index in [1.165, 1.54) is 6.07 Å². The Morgan fingerprint density at radius 3 is 2.69 bits per heavy atom. The summed E-state index contributed by atoms with van der Waals surface area (Å²) in [4.78, 5) is 11.2. The van der Waals surface area contributed by atoms with Gasteiger partial charge in [0.1, 0.15) is 11.3 Å². The van der Waals surface area contributed by atoms with E-state index >= 15 is 0 Å². The number of phenols is 1. The molecule has 1 heterocycles. The first-order chi connectivity index (χ1) is 7.75. The highest BCUT2D eigenvalue weighted by molar-refractivity contribution is 5.83. The van der Waals surface area contributed by atoms with Gasteiger partial charge in [-0.3, -0.25) is 0 Å². The van der Waals surface area contributed by atoms with Crippen LogP contribution in [0.5, 0.6) is 5.75 Å². The van der Waals surface area contributed by atoms with Gasteiger partial charge in [0.2, 0.25) is 0 Å². The summed E-state index contributed by atoms with van der Waals surface area (Å²) in [6, 6.07) is 4.77. The SMILES string of the molecule is O=c1ccc2cc(O)c3c(c2o1)CCCC3. The third-order valence-electron chi connectivity index (χ3n) is 3.21. The zero-order chi connectivity index (χ0) is 11.1. The molecule has 3 rings (SSSR count). The highest BCUT2D eigenvalue weighted by Gasteiger charge is 2.18. The van der Waals surface area contributed by atoms with Gasteiger partial charge in [0, 0.05) is 22.6 Å².